The Bertz CT molecular complexity index is 6200. The molecule has 13 aromatic rings. The van der Waals surface area contributed by atoms with Gasteiger partial charge >= 0.3 is 0 Å². The van der Waals surface area contributed by atoms with Crippen LogP contribution in [-0.2, 0) is 0 Å². The van der Waals surface area contributed by atoms with Gasteiger partial charge in [-0.15, -0.1) is 0 Å². The topological polar surface area (TPSA) is 38.9 Å². The second-order valence-electron chi connectivity index (χ2n) is 13.9. The average Bonchev–Trinajstić information content (AvgIpc) is 1.34. The lowest BCUT2D eigenvalue weighted by Crippen LogP contribution is -1.91. The van der Waals surface area contributed by atoms with E-state index < -0.39 is 350 Å². The predicted molar refractivity (Wildman–Crippen MR) is 272 cm³/mol. The maximum atomic E-state index is 10.5. The number of hydrogen-bond donors (Lipinski definition) is 0. The molecule has 3 aromatic heterocycles. The second-order valence-corrected chi connectivity index (χ2v) is 13.9. The molecule has 0 fully saturated rings. The number of aromatic nitrogens is 2. The summed E-state index contributed by atoms with van der Waals surface area (Å²) in [5, 5.41) is -8.02. The molecule has 0 bridgehead atoms. The van der Waals surface area contributed by atoms with Crippen LogP contribution in [0.1, 0.15) is 50.7 Å². The minimum atomic E-state index is -1.38. The fraction of sp³-hybridized carbons (Fsp3) is 0. The molecular formula is C62H38N2O. The number of pyridine rings is 2. The SMILES string of the molecule is [2H]c1cnc2c(c1[2H])c([2H])c([2H])c1c([2H])c([2H])c(-c3c([2H])c([2H])c(-c4c([2H])c([2H])c([2H])c(-c5oc(-c6c([2H])c([2H])c([2H])c7c([2H])c([2H])c([2H])c([2H])c67)c(-c6c([2H])c([2H])c([2H])c7c([2H])c([2H])c([2H])c([2H])c67)c5-c5c([2H])c([2H])c([2H])c6c([2H])c([2H])c([2H])c([2H])c56)c4[2H])c4c([2H])c([2H])c([2H])c([2H])c34)nc12. The molecule has 13 rings (SSSR count). The van der Waals surface area contributed by atoms with Gasteiger partial charge in [0, 0.05) is 44.8 Å². The van der Waals surface area contributed by atoms with E-state index in [1.807, 2.05) is 0 Å². The van der Waals surface area contributed by atoms with E-state index in [1.54, 1.807) is 0 Å². The van der Waals surface area contributed by atoms with Crippen molar-refractivity contribution in [1.82, 2.24) is 9.97 Å². The fourth-order valence-corrected chi connectivity index (χ4v) is 7.60. The fourth-order valence-electron chi connectivity index (χ4n) is 7.60. The summed E-state index contributed by atoms with van der Waals surface area (Å²) >= 11 is 0. The molecule has 0 aliphatic rings. The third-order valence-electron chi connectivity index (χ3n) is 10.4. The number of fused-ring (bicyclic) bond motifs is 7. The monoisotopic (exact) mass is 864 g/mol. The van der Waals surface area contributed by atoms with Gasteiger partial charge in [-0.05, 0) is 83.5 Å². The highest BCUT2D eigenvalue weighted by Crippen LogP contribution is 2.52. The van der Waals surface area contributed by atoms with Gasteiger partial charge in [0.15, 0.2) is 0 Å². The first-order valence-electron chi connectivity index (χ1n) is 37.6. The highest BCUT2D eigenvalue weighted by Gasteiger charge is 2.28. The van der Waals surface area contributed by atoms with Crippen molar-refractivity contribution in [3.63, 3.8) is 0 Å². The Kier molecular flexibility index (Phi) is 3.59. The zero-order chi connectivity index (χ0) is 75.0. The predicted octanol–water partition coefficient (Wildman–Crippen LogP) is 17.0. The molecule has 3 heteroatoms. The summed E-state index contributed by atoms with van der Waals surface area (Å²) in [6.45, 7) is 0. The van der Waals surface area contributed by atoms with E-state index in [1.165, 1.54) is 0 Å². The van der Waals surface area contributed by atoms with Crippen LogP contribution in [0.15, 0.2) is 234 Å². The van der Waals surface area contributed by atoms with E-state index in [9.17, 15) is 28.8 Å². The third-order valence-corrected chi connectivity index (χ3v) is 10.4. The summed E-state index contributed by atoms with van der Waals surface area (Å²) in [6, 6.07) is -40.0. The summed E-state index contributed by atoms with van der Waals surface area (Å²) in [5.41, 5.74) is -11.3. The zero-order valence-corrected chi connectivity index (χ0v) is 32.4. The zero-order valence-electron chi connectivity index (χ0n) is 69.4. The Hall–Kier alpha value is -8.66. The van der Waals surface area contributed by atoms with Crippen LogP contribution in [0.3, 0.4) is 0 Å². The van der Waals surface area contributed by atoms with Crippen molar-refractivity contribution in [3.8, 4) is 67.3 Å². The van der Waals surface area contributed by atoms with E-state index in [0.717, 1.165) is 6.20 Å². The van der Waals surface area contributed by atoms with Crippen LogP contribution < -0.4 is 0 Å². The van der Waals surface area contributed by atoms with Crippen LogP contribution in [0.4, 0.5) is 0 Å². The van der Waals surface area contributed by atoms with Gasteiger partial charge in [0.25, 0.3) is 0 Å². The molecule has 0 atom stereocenters. The van der Waals surface area contributed by atoms with Crippen molar-refractivity contribution in [2.75, 3.05) is 0 Å². The number of rotatable bonds is 6. The molecule has 0 saturated heterocycles. The van der Waals surface area contributed by atoms with Crippen molar-refractivity contribution < 1.29 is 55.1 Å². The van der Waals surface area contributed by atoms with Gasteiger partial charge in [-0.2, -0.15) is 0 Å². The molecular weight excluding hydrogens is 789 g/mol. The second kappa shape index (κ2) is 15.0. The van der Waals surface area contributed by atoms with E-state index in [0.29, 0.717) is 0 Å². The largest absolute Gasteiger partial charge is 0.455 e. The molecule has 0 radical (unpaired) electrons. The molecule has 0 amide bonds. The number of benzene rings is 10. The lowest BCUT2D eigenvalue weighted by Gasteiger charge is -2.14. The van der Waals surface area contributed by atoms with Gasteiger partial charge in [0.05, 0.1) is 67.4 Å². The van der Waals surface area contributed by atoms with Crippen molar-refractivity contribution >= 4 is 64.9 Å². The molecule has 0 saturated carbocycles. The molecule has 0 aliphatic carbocycles. The Balaban J connectivity index is 1.32. The van der Waals surface area contributed by atoms with Crippen molar-refractivity contribution in [3.05, 3.63) is 230 Å². The van der Waals surface area contributed by atoms with Crippen LogP contribution in [0.25, 0.3) is 132 Å². The summed E-state index contributed by atoms with van der Waals surface area (Å²) in [6.07, 6.45) is 0.893. The van der Waals surface area contributed by atoms with Gasteiger partial charge in [-0.3, -0.25) is 4.98 Å². The van der Waals surface area contributed by atoms with Gasteiger partial charge < -0.3 is 4.42 Å². The first kappa shape index (κ1) is 15.5. The summed E-state index contributed by atoms with van der Waals surface area (Å²) in [4.78, 5) is 8.68. The minimum absolute atomic E-state index is 0.370. The van der Waals surface area contributed by atoms with E-state index in [2.05, 4.69) is 9.97 Å². The molecule has 65 heavy (non-hydrogen) atoms. The number of furan rings is 1. The van der Waals surface area contributed by atoms with Crippen molar-refractivity contribution in [2.24, 2.45) is 0 Å². The van der Waals surface area contributed by atoms with Crippen LogP contribution in [-0.4, -0.2) is 9.97 Å². The Morgan fingerprint density at radius 3 is 1.48 bits per heavy atom. The first-order chi connectivity index (χ1) is 47.6. The van der Waals surface area contributed by atoms with E-state index in [-0.39, 0.29) is 5.52 Å². The lowest BCUT2D eigenvalue weighted by molar-refractivity contribution is 0.599. The van der Waals surface area contributed by atoms with Gasteiger partial charge in [-0.1, -0.05) is 205 Å². The molecule has 3 heterocycles. The van der Waals surface area contributed by atoms with Crippen molar-refractivity contribution in [1.29, 1.82) is 0 Å². The molecule has 0 N–H and O–H groups in total. The van der Waals surface area contributed by atoms with Gasteiger partial charge in [-0.25, -0.2) is 4.98 Å². The molecule has 0 aliphatic heterocycles. The molecule has 302 valence electrons. The van der Waals surface area contributed by atoms with E-state index in [4.69, 9.17) is 26.3 Å². The van der Waals surface area contributed by atoms with Crippen LogP contribution >= 0.6 is 0 Å². The van der Waals surface area contributed by atoms with E-state index >= 15 is 0 Å². The number of nitrogens with zero attached hydrogens (tertiary/aromatic N) is 2. The van der Waals surface area contributed by atoms with Gasteiger partial charge in [0.1, 0.15) is 11.5 Å². The Morgan fingerprint density at radius 1 is 0.323 bits per heavy atom. The Labute approximate surface area is 427 Å². The molecule has 10 aromatic carbocycles. The minimum Gasteiger partial charge on any atom is -0.455 e. The van der Waals surface area contributed by atoms with Crippen LogP contribution in [0, 0.1) is 0 Å². The normalized spacial score (nSPS) is 19.7. The maximum Gasteiger partial charge on any atom is 0.143 e. The smallest absolute Gasteiger partial charge is 0.143 e. The molecule has 0 unspecified atom stereocenters. The lowest BCUT2D eigenvalue weighted by atomic mass is 9.86. The highest BCUT2D eigenvalue weighted by molar-refractivity contribution is 6.14. The number of hydrogen-bond acceptors (Lipinski definition) is 3. The Morgan fingerprint density at radius 2 is 0.800 bits per heavy atom. The van der Waals surface area contributed by atoms with Crippen LogP contribution in [0.2, 0.25) is 0 Å². The quantitative estimate of drug-likeness (QED) is 0.156. The van der Waals surface area contributed by atoms with Crippen molar-refractivity contribution in [2.45, 2.75) is 0 Å². The standard InChI is InChI=1S/C62H38N2O/c1-4-23-46-39(14-1)17-10-28-53(46)57-58(54-29-11-18-40-15-2-5-24-47(40)54)62(55-30-12-19-41-16-3-6-25-48(41)55)65-61(57)45-21-9-20-44(38-45)49-34-35-52(51-27-8-7-26-50(49)51)56-36-33-43-32-31-42-22-13-37-63-59(42)60(43)64-56/h1-38H/i1D,2D,3D,4D,5D,6D,7D,8D,9D,10D,11D,12D,13D,14D,15D,16D,17D,18D,19D,20D,21D,22D,23D,24D,25D,26D,27D,28D,29D,30D,31D,32D,33D,34D,35D,36D,38D. The van der Waals surface area contributed by atoms with Gasteiger partial charge in [0.2, 0.25) is 0 Å². The van der Waals surface area contributed by atoms with Crippen LogP contribution in [0.5, 0.6) is 0 Å². The molecule has 3 nitrogen and oxygen atoms in total. The first-order valence-corrected chi connectivity index (χ1v) is 19.1. The summed E-state index contributed by atoms with van der Waals surface area (Å²) < 4.78 is 350. The third kappa shape index (κ3) is 6.05. The molecule has 0 spiro atoms. The average molecular weight is 864 g/mol. The summed E-state index contributed by atoms with van der Waals surface area (Å²) in [7, 11) is 0. The highest BCUT2D eigenvalue weighted by atomic mass is 16.3. The maximum absolute atomic E-state index is 10.5. The summed E-state index contributed by atoms with van der Waals surface area (Å²) in [5.74, 6) is -2.49.